The highest BCUT2D eigenvalue weighted by Crippen LogP contribution is 2.06. The van der Waals surface area contributed by atoms with Crippen LogP contribution in [-0.4, -0.2) is 12.5 Å². The van der Waals surface area contributed by atoms with Gasteiger partial charge in [-0.25, -0.2) is 0 Å². The summed E-state index contributed by atoms with van der Waals surface area (Å²) in [7, 11) is 0. The summed E-state index contributed by atoms with van der Waals surface area (Å²) >= 11 is 0. The van der Waals surface area contributed by atoms with Gasteiger partial charge in [0.05, 0.1) is 0 Å². The van der Waals surface area contributed by atoms with Crippen LogP contribution in [0.5, 0.6) is 0 Å². The molecule has 1 aromatic carbocycles. The second-order valence-electron chi connectivity index (χ2n) is 3.85. The van der Waals surface area contributed by atoms with E-state index in [4.69, 9.17) is 5.73 Å². The molecule has 0 saturated heterocycles. The van der Waals surface area contributed by atoms with E-state index in [-0.39, 0.29) is 5.91 Å². The Morgan fingerprint density at radius 2 is 2.27 bits per heavy atom. The first-order chi connectivity index (χ1) is 7.13. The maximum atomic E-state index is 11.7. The number of carbonyl (C=O) groups excluding carboxylic acids is 1. The highest BCUT2D eigenvalue weighted by molar-refractivity contribution is 5.94. The summed E-state index contributed by atoms with van der Waals surface area (Å²) in [4.78, 5) is 11.7. The van der Waals surface area contributed by atoms with Gasteiger partial charge >= 0.3 is 0 Å². The Morgan fingerprint density at radius 1 is 1.53 bits per heavy atom. The molecular formula is C12H18N2O. The monoisotopic (exact) mass is 206 g/mol. The van der Waals surface area contributed by atoms with Gasteiger partial charge in [0.25, 0.3) is 5.91 Å². The SMILES string of the molecule is CCC(C)CNC(=O)c1cccc(N)c1. The van der Waals surface area contributed by atoms with E-state index < -0.39 is 0 Å². The minimum Gasteiger partial charge on any atom is -0.399 e. The maximum absolute atomic E-state index is 11.7. The third kappa shape index (κ3) is 3.62. The number of anilines is 1. The minimum atomic E-state index is -0.0531. The van der Waals surface area contributed by atoms with Crippen molar-refractivity contribution in [1.29, 1.82) is 0 Å². The zero-order valence-corrected chi connectivity index (χ0v) is 9.29. The van der Waals surface area contributed by atoms with Gasteiger partial charge in [0.15, 0.2) is 0 Å². The van der Waals surface area contributed by atoms with E-state index in [0.717, 1.165) is 6.42 Å². The molecule has 0 heterocycles. The topological polar surface area (TPSA) is 55.1 Å². The maximum Gasteiger partial charge on any atom is 0.251 e. The van der Waals surface area contributed by atoms with Gasteiger partial charge < -0.3 is 11.1 Å². The van der Waals surface area contributed by atoms with Crippen LogP contribution < -0.4 is 11.1 Å². The number of amides is 1. The Morgan fingerprint density at radius 3 is 2.87 bits per heavy atom. The van der Waals surface area contributed by atoms with Gasteiger partial charge in [0.2, 0.25) is 0 Å². The first kappa shape index (κ1) is 11.6. The molecule has 1 atom stereocenters. The van der Waals surface area contributed by atoms with Crippen LogP contribution >= 0.6 is 0 Å². The van der Waals surface area contributed by atoms with E-state index in [1.807, 2.05) is 0 Å². The summed E-state index contributed by atoms with van der Waals surface area (Å²) in [6.07, 6.45) is 1.07. The molecule has 0 fully saturated rings. The average Bonchev–Trinajstić information content (AvgIpc) is 2.25. The molecule has 1 rings (SSSR count). The molecule has 15 heavy (non-hydrogen) atoms. The zero-order valence-electron chi connectivity index (χ0n) is 9.29. The molecule has 82 valence electrons. The quantitative estimate of drug-likeness (QED) is 0.741. The summed E-state index contributed by atoms with van der Waals surface area (Å²) in [6, 6.07) is 7.01. The molecule has 1 aromatic rings. The van der Waals surface area contributed by atoms with Crippen LogP contribution in [0.15, 0.2) is 24.3 Å². The molecule has 3 heteroatoms. The second-order valence-corrected chi connectivity index (χ2v) is 3.85. The van der Waals surface area contributed by atoms with Crippen molar-refractivity contribution in [2.45, 2.75) is 20.3 Å². The van der Waals surface area contributed by atoms with Gasteiger partial charge in [-0.1, -0.05) is 26.3 Å². The molecule has 0 aliphatic carbocycles. The van der Waals surface area contributed by atoms with Crippen molar-refractivity contribution >= 4 is 11.6 Å². The third-order valence-electron chi connectivity index (χ3n) is 2.46. The Bertz CT molecular complexity index is 336. The Balaban J connectivity index is 2.54. The third-order valence-corrected chi connectivity index (χ3v) is 2.46. The van der Waals surface area contributed by atoms with E-state index in [2.05, 4.69) is 19.2 Å². The number of nitrogen functional groups attached to an aromatic ring is 1. The van der Waals surface area contributed by atoms with Crippen molar-refractivity contribution < 1.29 is 4.79 Å². The standard InChI is InChI=1S/C12H18N2O/c1-3-9(2)8-14-12(15)10-5-4-6-11(13)7-10/h4-7,9H,3,8,13H2,1-2H3,(H,14,15). The molecule has 1 unspecified atom stereocenters. The van der Waals surface area contributed by atoms with E-state index in [1.54, 1.807) is 24.3 Å². The predicted molar refractivity (Wildman–Crippen MR) is 62.6 cm³/mol. The van der Waals surface area contributed by atoms with Crippen molar-refractivity contribution in [3.63, 3.8) is 0 Å². The Kier molecular flexibility index (Phi) is 4.16. The summed E-state index contributed by atoms with van der Waals surface area (Å²) in [6.45, 7) is 4.93. The van der Waals surface area contributed by atoms with Crippen molar-refractivity contribution in [2.24, 2.45) is 5.92 Å². The molecule has 0 bridgehead atoms. The molecule has 0 spiro atoms. The van der Waals surface area contributed by atoms with Crippen LogP contribution in [-0.2, 0) is 0 Å². The molecule has 1 amide bonds. The summed E-state index contributed by atoms with van der Waals surface area (Å²) < 4.78 is 0. The van der Waals surface area contributed by atoms with Gasteiger partial charge in [-0.3, -0.25) is 4.79 Å². The zero-order chi connectivity index (χ0) is 11.3. The highest BCUT2D eigenvalue weighted by Gasteiger charge is 2.06. The minimum absolute atomic E-state index is 0.0531. The van der Waals surface area contributed by atoms with Crippen molar-refractivity contribution in [3.05, 3.63) is 29.8 Å². The van der Waals surface area contributed by atoms with Crippen LogP contribution in [0, 0.1) is 5.92 Å². The lowest BCUT2D eigenvalue weighted by Gasteiger charge is -2.10. The normalized spacial score (nSPS) is 12.1. The van der Waals surface area contributed by atoms with Crippen LogP contribution in [0.4, 0.5) is 5.69 Å². The first-order valence-corrected chi connectivity index (χ1v) is 5.27. The van der Waals surface area contributed by atoms with Crippen LogP contribution in [0.3, 0.4) is 0 Å². The smallest absolute Gasteiger partial charge is 0.251 e. The highest BCUT2D eigenvalue weighted by atomic mass is 16.1. The molecule has 0 saturated carbocycles. The fraction of sp³-hybridized carbons (Fsp3) is 0.417. The van der Waals surface area contributed by atoms with Gasteiger partial charge in [0, 0.05) is 17.8 Å². The first-order valence-electron chi connectivity index (χ1n) is 5.27. The fourth-order valence-electron chi connectivity index (χ4n) is 1.19. The molecule has 0 aliphatic heterocycles. The van der Waals surface area contributed by atoms with Gasteiger partial charge in [-0.2, -0.15) is 0 Å². The molecule has 3 nitrogen and oxygen atoms in total. The Labute approximate surface area is 90.7 Å². The van der Waals surface area contributed by atoms with E-state index in [1.165, 1.54) is 0 Å². The largest absolute Gasteiger partial charge is 0.399 e. The molecular weight excluding hydrogens is 188 g/mol. The average molecular weight is 206 g/mol. The summed E-state index contributed by atoms with van der Waals surface area (Å²) in [5, 5.41) is 2.88. The van der Waals surface area contributed by atoms with Crippen LogP contribution in [0.2, 0.25) is 0 Å². The predicted octanol–water partition coefficient (Wildman–Crippen LogP) is 2.04. The lowest BCUT2D eigenvalue weighted by atomic mass is 10.1. The number of carbonyl (C=O) groups is 1. The lowest BCUT2D eigenvalue weighted by Crippen LogP contribution is -2.28. The van der Waals surface area contributed by atoms with Crippen LogP contribution in [0.25, 0.3) is 0 Å². The van der Waals surface area contributed by atoms with Gasteiger partial charge in [-0.05, 0) is 24.1 Å². The molecule has 0 aromatic heterocycles. The number of hydrogen-bond acceptors (Lipinski definition) is 2. The van der Waals surface area contributed by atoms with E-state index in [0.29, 0.717) is 23.7 Å². The second kappa shape index (κ2) is 5.39. The number of benzene rings is 1. The van der Waals surface area contributed by atoms with Gasteiger partial charge in [0.1, 0.15) is 0 Å². The molecule has 0 aliphatic rings. The van der Waals surface area contributed by atoms with Crippen molar-refractivity contribution in [3.8, 4) is 0 Å². The number of hydrogen-bond donors (Lipinski definition) is 2. The number of nitrogens with one attached hydrogen (secondary N) is 1. The molecule has 0 radical (unpaired) electrons. The lowest BCUT2D eigenvalue weighted by molar-refractivity contribution is 0.0948. The number of nitrogens with two attached hydrogens (primary N) is 1. The van der Waals surface area contributed by atoms with E-state index in [9.17, 15) is 4.79 Å². The number of rotatable bonds is 4. The summed E-state index contributed by atoms with van der Waals surface area (Å²) in [5.74, 6) is 0.456. The summed E-state index contributed by atoms with van der Waals surface area (Å²) in [5.41, 5.74) is 6.84. The van der Waals surface area contributed by atoms with Crippen molar-refractivity contribution in [1.82, 2.24) is 5.32 Å². The van der Waals surface area contributed by atoms with Crippen molar-refractivity contribution in [2.75, 3.05) is 12.3 Å². The van der Waals surface area contributed by atoms with Gasteiger partial charge in [-0.15, -0.1) is 0 Å². The fourth-order valence-corrected chi connectivity index (χ4v) is 1.19. The molecule has 3 N–H and O–H groups in total. The Hall–Kier alpha value is -1.51. The van der Waals surface area contributed by atoms with E-state index >= 15 is 0 Å². The van der Waals surface area contributed by atoms with Crippen LogP contribution in [0.1, 0.15) is 30.6 Å².